The van der Waals surface area contributed by atoms with Crippen molar-refractivity contribution in [3.05, 3.63) is 24.3 Å². The summed E-state index contributed by atoms with van der Waals surface area (Å²) in [6.07, 6.45) is -0.414. The monoisotopic (exact) mass is 1540 g/mol. The van der Waals surface area contributed by atoms with E-state index < -0.39 is 217 Å². The SMILES string of the molecule is CCCCCCCC/C=C\CCCCCCCCCCCCCC(=O)N[C@@H](CO[C@@H]1OC(CO)[C@@H](O[C@@H]2OC(CO)[C@H](O)[C@H](O[C@H]3OC(CO)[C@H](O)[C@H](O[C@@H]4OC(CO)[C@H](O)[C@H](O[C@H]5OC(CO)[C@H](O)[C@H](O)C5NC(C)=O)C4NC(C)=O)C3O)C2O)[C@H](O)C1O)[C@H](O)/C=C/CCCCCCCCCCCCC. The zero-order valence-corrected chi connectivity index (χ0v) is 63.8. The number of unbranched alkanes of at least 4 members (excludes halogenated alkanes) is 28. The van der Waals surface area contributed by atoms with Crippen molar-refractivity contribution in [2.45, 2.75) is 399 Å². The number of amides is 3. The molecule has 31 heteroatoms. The second kappa shape index (κ2) is 53.1. The molecule has 5 heterocycles. The normalized spacial score (nSPS) is 34.1. The van der Waals surface area contributed by atoms with Gasteiger partial charge in [0.2, 0.25) is 17.7 Å². The smallest absolute Gasteiger partial charge is 0.220 e. The Morgan fingerprint density at radius 2 is 0.710 bits per heavy atom. The van der Waals surface area contributed by atoms with Gasteiger partial charge in [-0.2, -0.15) is 0 Å². The topological polar surface area (TPSA) is 483 Å². The summed E-state index contributed by atoms with van der Waals surface area (Å²) in [4.78, 5) is 38.7. The van der Waals surface area contributed by atoms with Crippen LogP contribution in [0.4, 0.5) is 0 Å². The zero-order valence-electron chi connectivity index (χ0n) is 63.8. The molecule has 18 N–H and O–H groups in total. The van der Waals surface area contributed by atoms with Crippen LogP contribution in [0.25, 0.3) is 0 Å². The first-order valence-corrected chi connectivity index (χ1v) is 40.1. The minimum absolute atomic E-state index is 0.184. The summed E-state index contributed by atoms with van der Waals surface area (Å²) in [5.41, 5.74) is 0. The van der Waals surface area contributed by atoms with Gasteiger partial charge < -0.3 is 140 Å². The molecule has 0 aliphatic carbocycles. The number of hydrogen-bond acceptors (Lipinski definition) is 28. The van der Waals surface area contributed by atoms with Crippen LogP contribution in [-0.4, -0.2) is 300 Å². The Kier molecular flexibility index (Phi) is 46.8. The van der Waals surface area contributed by atoms with Crippen LogP contribution in [0.3, 0.4) is 0 Å². The van der Waals surface area contributed by atoms with Gasteiger partial charge in [-0.15, -0.1) is 0 Å². The molecule has 27 atom stereocenters. The van der Waals surface area contributed by atoms with Crippen LogP contribution in [0, 0.1) is 0 Å². The molecule has 10 unspecified atom stereocenters. The highest BCUT2D eigenvalue weighted by Gasteiger charge is 2.58. The zero-order chi connectivity index (χ0) is 78.2. The predicted octanol–water partition coefficient (Wildman–Crippen LogP) is 1.87. The van der Waals surface area contributed by atoms with Gasteiger partial charge in [0, 0.05) is 20.3 Å². The average molecular weight is 1540 g/mol. The van der Waals surface area contributed by atoms with E-state index in [1.165, 1.54) is 128 Å². The molecular formula is C76H137N3O28. The predicted molar refractivity (Wildman–Crippen MR) is 389 cm³/mol. The van der Waals surface area contributed by atoms with E-state index in [1.54, 1.807) is 6.08 Å². The van der Waals surface area contributed by atoms with Crippen LogP contribution in [0.15, 0.2) is 24.3 Å². The molecule has 0 aromatic rings. The van der Waals surface area contributed by atoms with E-state index in [0.717, 1.165) is 71.6 Å². The fraction of sp³-hybridized carbons (Fsp3) is 0.908. The summed E-state index contributed by atoms with van der Waals surface area (Å²) in [6, 6.07) is -4.37. The van der Waals surface area contributed by atoms with Gasteiger partial charge in [-0.25, -0.2) is 0 Å². The van der Waals surface area contributed by atoms with E-state index in [2.05, 4.69) is 41.9 Å². The van der Waals surface area contributed by atoms with Crippen molar-refractivity contribution >= 4 is 17.7 Å². The van der Waals surface area contributed by atoms with Gasteiger partial charge >= 0.3 is 0 Å². The fourth-order valence-electron chi connectivity index (χ4n) is 14.4. The third kappa shape index (κ3) is 31.7. The first kappa shape index (κ1) is 94.5. The Balaban J connectivity index is 1.20. The number of allylic oxidation sites excluding steroid dienone is 3. The van der Waals surface area contributed by atoms with Crippen LogP contribution in [0.2, 0.25) is 0 Å². The second-order valence-corrected chi connectivity index (χ2v) is 29.6. The van der Waals surface area contributed by atoms with Crippen molar-refractivity contribution in [3.63, 3.8) is 0 Å². The summed E-state index contributed by atoms with van der Waals surface area (Å²) >= 11 is 0. The summed E-state index contributed by atoms with van der Waals surface area (Å²) in [6.45, 7) is 1.35. The number of aliphatic hydroxyl groups excluding tert-OH is 15. The van der Waals surface area contributed by atoms with Crippen molar-refractivity contribution in [2.24, 2.45) is 0 Å². The summed E-state index contributed by atoms with van der Waals surface area (Å²) in [5, 5.41) is 175. The van der Waals surface area contributed by atoms with Gasteiger partial charge in [0.15, 0.2) is 31.5 Å². The van der Waals surface area contributed by atoms with E-state index >= 15 is 0 Å². The summed E-state index contributed by atoms with van der Waals surface area (Å²) in [5.74, 6) is -1.89. The minimum Gasteiger partial charge on any atom is -0.394 e. The third-order valence-corrected chi connectivity index (χ3v) is 20.8. The quantitative estimate of drug-likeness (QED) is 0.0305. The number of rotatable bonds is 54. The Hall–Kier alpha value is -3.11. The molecule has 5 fully saturated rings. The van der Waals surface area contributed by atoms with E-state index in [9.17, 15) is 91.0 Å². The highest BCUT2D eigenvalue weighted by atomic mass is 16.8. The van der Waals surface area contributed by atoms with Gasteiger partial charge in [-0.1, -0.05) is 192 Å². The Morgan fingerprint density at radius 3 is 1.15 bits per heavy atom. The maximum Gasteiger partial charge on any atom is 0.220 e. The molecule has 5 aliphatic rings. The van der Waals surface area contributed by atoms with E-state index in [4.69, 9.17) is 47.4 Å². The molecule has 624 valence electrons. The fourth-order valence-corrected chi connectivity index (χ4v) is 14.4. The molecule has 5 rings (SSSR count). The molecule has 0 bridgehead atoms. The Morgan fingerprint density at radius 1 is 0.364 bits per heavy atom. The highest BCUT2D eigenvalue weighted by Crippen LogP contribution is 2.37. The van der Waals surface area contributed by atoms with Gasteiger partial charge in [0.25, 0.3) is 0 Å². The molecule has 5 aliphatic heterocycles. The van der Waals surface area contributed by atoms with Gasteiger partial charge in [0.05, 0.1) is 51.8 Å². The molecule has 3 amide bonds. The van der Waals surface area contributed by atoms with Crippen molar-refractivity contribution in [1.82, 2.24) is 16.0 Å². The molecular weight excluding hydrogens is 1400 g/mol. The van der Waals surface area contributed by atoms with Crippen molar-refractivity contribution < 1.29 is 138 Å². The number of aliphatic hydroxyl groups is 15. The standard InChI is InChI=1S/C76H137N3O28/c1-5-7-9-11-13-15-17-19-20-21-22-23-24-25-26-28-30-32-34-36-38-40-56(88)79-49(50(87)39-37-35-33-31-29-27-18-16-14-12-10-8-6-2)46-98-74-65(95)64(94)68(55(45-84)103-74)104-75-67(97)71(62(92)54(44-83)101-75)107-76-66(96)70(61(91)53(43-82)102-76)106-73-58(78-48(4)86)69(60(90)52(42-81)100-73)105-72-57(77-47(3)85)63(93)59(89)51(41-80)99-72/h19-20,37,39,49-55,57-76,80-84,87,89-97H,5-18,21-36,38,40-46H2,1-4H3,(H,77,85)(H,78,86)(H,79,88)/b20-19-,39-37+/t49-,50+,51?,52?,53?,54?,55?,57?,58?,59-,60-,61-,62-,63+,64+,65?,66?,67?,68+,69+,70-,71-,72+,73-,74+,75-,76+/m0/s1. The van der Waals surface area contributed by atoms with Crippen molar-refractivity contribution in [1.29, 1.82) is 0 Å². The van der Waals surface area contributed by atoms with E-state index in [0.29, 0.717) is 12.8 Å². The summed E-state index contributed by atoms with van der Waals surface area (Å²) in [7, 11) is 0. The van der Waals surface area contributed by atoms with E-state index in [1.807, 2.05) is 6.08 Å². The lowest BCUT2D eigenvalue weighted by molar-refractivity contribution is -0.389. The first-order valence-electron chi connectivity index (χ1n) is 40.1. The van der Waals surface area contributed by atoms with Gasteiger partial charge in [0.1, 0.15) is 122 Å². The third-order valence-electron chi connectivity index (χ3n) is 20.8. The maximum absolute atomic E-state index is 13.6. The van der Waals surface area contributed by atoms with Crippen LogP contribution < -0.4 is 16.0 Å². The number of carbonyl (C=O) groups is 3. The van der Waals surface area contributed by atoms with Crippen LogP contribution in [0.5, 0.6) is 0 Å². The van der Waals surface area contributed by atoms with Gasteiger partial charge in [-0.05, 0) is 44.9 Å². The molecule has 0 aromatic carbocycles. The maximum atomic E-state index is 13.6. The second-order valence-electron chi connectivity index (χ2n) is 29.6. The van der Waals surface area contributed by atoms with Crippen LogP contribution >= 0.6 is 0 Å². The average Bonchev–Trinajstić information content (AvgIpc) is 0.797. The Labute approximate surface area is 632 Å². The molecule has 0 radical (unpaired) electrons. The number of hydrogen-bond donors (Lipinski definition) is 18. The molecule has 107 heavy (non-hydrogen) atoms. The number of nitrogens with one attached hydrogen (secondary N) is 3. The van der Waals surface area contributed by atoms with Gasteiger partial charge in [-0.3, -0.25) is 14.4 Å². The van der Waals surface area contributed by atoms with E-state index in [-0.39, 0.29) is 12.3 Å². The van der Waals surface area contributed by atoms with Crippen molar-refractivity contribution in [2.75, 3.05) is 39.6 Å². The molecule has 5 saturated heterocycles. The highest BCUT2D eigenvalue weighted by molar-refractivity contribution is 5.76. The lowest BCUT2D eigenvalue weighted by Crippen LogP contribution is -2.71. The lowest BCUT2D eigenvalue weighted by atomic mass is 9.93. The number of ether oxygens (including phenoxy) is 10. The molecule has 0 saturated carbocycles. The minimum atomic E-state index is -2.24. The first-order chi connectivity index (χ1) is 51.6. The Bertz CT molecular complexity index is 2430. The molecule has 0 aromatic heterocycles. The largest absolute Gasteiger partial charge is 0.394 e. The molecule has 0 spiro atoms. The summed E-state index contributed by atoms with van der Waals surface area (Å²) < 4.78 is 59.2. The lowest BCUT2D eigenvalue weighted by Gasteiger charge is -2.50. The van der Waals surface area contributed by atoms with Crippen LogP contribution in [0.1, 0.15) is 233 Å². The number of carbonyl (C=O) groups excluding carboxylic acids is 3. The molecule has 31 nitrogen and oxygen atoms in total. The van der Waals surface area contributed by atoms with Crippen molar-refractivity contribution in [3.8, 4) is 0 Å². The van der Waals surface area contributed by atoms with Crippen LogP contribution in [-0.2, 0) is 61.8 Å².